The standard InChI is InChI=1S/C20H32O3S/c1-4-23-20-7-5-6-18(14-20)11-8-17-9-12-19(13-10-17)15-24(21,22)16(2)3/h5-7,14,16-17,19H,4,8-13,15H2,1-3H3. The van der Waals surface area contributed by atoms with Crippen LogP contribution < -0.4 is 4.74 Å². The Morgan fingerprint density at radius 1 is 1.12 bits per heavy atom. The molecule has 1 saturated carbocycles. The van der Waals surface area contributed by atoms with Crippen molar-refractivity contribution >= 4 is 9.84 Å². The highest BCUT2D eigenvalue weighted by Crippen LogP contribution is 2.33. The second kappa shape index (κ2) is 8.89. The van der Waals surface area contributed by atoms with Crippen LogP contribution in [-0.4, -0.2) is 26.0 Å². The molecule has 0 atom stereocenters. The van der Waals surface area contributed by atoms with Gasteiger partial charge >= 0.3 is 0 Å². The molecule has 0 aliphatic heterocycles. The molecule has 0 aromatic heterocycles. The fourth-order valence-corrected chi connectivity index (χ4v) is 4.91. The molecule has 0 saturated heterocycles. The average molecular weight is 353 g/mol. The van der Waals surface area contributed by atoms with Crippen molar-refractivity contribution in [2.45, 2.75) is 64.5 Å². The van der Waals surface area contributed by atoms with Crippen molar-refractivity contribution in [3.05, 3.63) is 29.8 Å². The van der Waals surface area contributed by atoms with Gasteiger partial charge in [0, 0.05) is 0 Å². The van der Waals surface area contributed by atoms with E-state index in [1.807, 2.05) is 13.0 Å². The van der Waals surface area contributed by atoms with Crippen molar-refractivity contribution in [2.24, 2.45) is 11.8 Å². The zero-order chi connectivity index (χ0) is 17.6. The van der Waals surface area contributed by atoms with Crippen LogP contribution >= 0.6 is 0 Å². The van der Waals surface area contributed by atoms with Gasteiger partial charge in [-0.2, -0.15) is 0 Å². The predicted molar refractivity (Wildman–Crippen MR) is 100 cm³/mol. The molecule has 1 aromatic rings. The van der Waals surface area contributed by atoms with Gasteiger partial charge in [-0.25, -0.2) is 8.42 Å². The normalized spacial score (nSPS) is 21.8. The van der Waals surface area contributed by atoms with E-state index in [0.717, 1.165) is 30.9 Å². The predicted octanol–water partition coefficient (Wildman–Crippen LogP) is 4.65. The summed E-state index contributed by atoms with van der Waals surface area (Å²) in [5.41, 5.74) is 1.34. The summed E-state index contributed by atoms with van der Waals surface area (Å²) in [6.07, 6.45) is 6.75. The maximum atomic E-state index is 12.1. The minimum Gasteiger partial charge on any atom is -0.494 e. The molecular formula is C20H32O3S. The van der Waals surface area contributed by atoms with Crippen molar-refractivity contribution in [3.63, 3.8) is 0 Å². The highest BCUT2D eigenvalue weighted by atomic mass is 32.2. The van der Waals surface area contributed by atoms with E-state index in [4.69, 9.17) is 4.74 Å². The Morgan fingerprint density at radius 3 is 2.42 bits per heavy atom. The Kier molecular flexibility index (Phi) is 7.15. The van der Waals surface area contributed by atoms with E-state index in [2.05, 4.69) is 18.2 Å². The Balaban J connectivity index is 1.76. The van der Waals surface area contributed by atoms with Crippen LogP contribution in [0.2, 0.25) is 0 Å². The number of sulfone groups is 1. The lowest BCUT2D eigenvalue weighted by atomic mass is 9.80. The zero-order valence-corrected chi connectivity index (χ0v) is 16.1. The summed E-state index contributed by atoms with van der Waals surface area (Å²) in [6.45, 7) is 6.28. The van der Waals surface area contributed by atoms with Crippen LogP contribution in [0.1, 0.15) is 58.4 Å². The van der Waals surface area contributed by atoms with Crippen molar-refractivity contribution in [3.8, 4) is 5.75 Å². The van der Waals surface area contributed by atoms with Crippen LogP contribution in [0.3, 0.4) is 0 Å². The summed E-state index contributed by atoms with van der Waals surface area (Å²) in [5, 5.41) is -0.243. The van der Waals surface area contributed by atoms with E-state index in [9.17, 15) is 8.42 Å². The third-order valence-corrected chi connectivity index (χ3v) is 7.58. The summed E-state index contributed by atoms with van der Waals surface area (Å²) >= 11 is 0. The number of hydrogen-bond acceptors (Lipinski definition) is 3. The SMILES string of the molecule is CCOc1cccc(CCC2CCC(CS(=O)(=O)C(C)C)CC2)c1. The van der Waals surface area contributed by atoms with Gasteiger partial charge in [-0.3, -0.25) is 0 Å². The topological polar surface area (TPSA) is 43.4 Å². The van der Waals surface area contributed by atoms with Crippen molar-refractivity contribution in [2.75, 3.05) is 12.4 Å². The van der Waals surface area contributed by atoms with E-state index in [1.165, 1.54) is 24.8 Å². The molecular weight excluding hydrogens is 320 g/mol. The summed E-state index contributed by atoms with van der Waals surface area (Å²) in [6, 6.07) is 8.38. The molecule has 0 unspecified atom stereocenters. The highest BCUT2D eigenvalue weighted by Gasteiger charge is 2.27. The number of benzene rings is 1. The third kappa shape index (κ3) is 5.80. The molecule has 24 heavy (non-hydrogen) atoms. The van der Waals surface area contributed by atoms with Crippen LogP contribution in [0.25, 0.3) is 0 Å². The van der Waals surface area contributed by atoms with Crippen molar-refractivity contribution in [1.82, 2.24) is 0 Å². The first-order valence-electron chi connectivity index (χ1n) is 9.34. The molecule has 1 fully saturated rings. The van der Waals surface area contributed by atoms with Crippen molar-refractivity contribution in [1.29, 1.82) is 0 Å². The quantitative estimate of drug-likeness (QED) is 0.684. The van der Waals surface area contributed by atoms with Gasteiger partial charge in [-0.1, -0.05) is 25.0 Å². The largest absolute Gasteiger partial charge is 0.494 e. The van der Waals surface area contributed by atoms with Gasteiger partial charge in [0.15, 0.2) is 9.84 Å². The number of rotatable bonds is 8. The van der Waals surface area contributed by atoms with Crippen LogP contribution in [0.4, 0.5) is 0 Å². The Hall–Kier alpha value is -1.03. The number of hydrogen-bond donors (Lipinski definition) is 0. The Bertz CT molecular complexity index is 599. The molecule has 0 N–H and O–H groups in total. The Morgan fingerprint density at radius 2 is 1.79 bits per heavy atom. The van der Waals surface area contributed by atoms with Crippen LogP contribution in [0.15, 0.2) is 24.3 Å². The van der Waals surface area contributed by atoms with Crippen LogP contribution in [0.5, 0.6) is 5.75 Å². The average Bonchev–Trinajstić information content (AvgIpc) is 2.54. The van der Waals surface area contributed by atoms with Gasteiger partial charge in [0.05, 0.1) is 17.6 Å². The first-order valence-corrected chi connectivity index (χ1v) is 11.1. The molecule has 0 radical (unpaired) electrons. The minimum absolute atomic E-state index is 0.243. The molecule has 1 aliphatic rings. The highest BCUT2D eigenvalue weighted by molar-refractivity contribution is 7.91. The first-order chi connectivity index (χ1) is 11.4. The first kappa shape index (κ1) is 19.3. The van der Waals surface area contributed by atoms with E-state index < -0.39 is 9.84 Å². The van der Waals surface area contributed by atoms with E-state index >= 15 is 0 Å². The lowest BCUT2D eigenvalue weighted by Gasteiger charge is -2.28. The van der Waals surface area contributed by atoms with Gasteiger partial charge < -0.3 is 4.74 Å². The van der Waals surface area contributed by atoms with Gasteiger partial charge in [-0.05, 0) is 76.0 Å². The zero-order valence-electron chi connectivity index (χ0n) is 15.3. The van der Waals surface area contributed by atoms with Gasteiger partial charge in [0.1, 0.15) is 5.75 Å². The number of aryl methyl sites for hydroxylation is 1. The maximum Gasteiger partial charge on any atom is 0.152 e. The monoisotopic (exact) mass is 352 g/mol. The fourth-order valence-electron chi connectivity index (χ4n) is 3.54. The minimum atomic E-state index is -2.89. The molecule has 4 heteroatoms. The lowest BCUT2D eigenvalue weighted by Crippen LogP contribution is -2.26. The van der Waals surface area contributed by atoms with E-state index in [-0.39, 0.29) is 5.25 Å². The molecule has 3 nitrogen and oxygen atoms in total. The summed E-state index contributed by atoms with van der Waals surface area (Å²) < 4.78 is 29.7. The molecule has 1 aromatic carbocycles. The molecule has 0 spiro atoms. The van der Waals surface area contributed by atoms with Gasteiger partial charge in [-0.15, -0.1) is 0 Å². The van der Waals surface area contributed by atoms with E-state index in [0.29, 0.717) is 18.3 Å². The molecule has 1 aliphatic carbocycles. The molecule has 0 heterocycles. The molecule has 0 bridgehead atoms. The summed E-state index contributed by atoms with van der Waals surface area (Å²) in [4.78, 5) is 0. The van der Waals surface area contributed by atoms with E-state index in [1.54, 1.807) is 13.8 Å². The van der Waals surface area contributed by atoms with Crippen LogP contribution in [0, 0.1) is 11.8 Å². The Labute approximate surface area is 147 Å². The molecule has 136 valence electrons. The third-order valence-electron chi connectivity index (χ3n) is 5.20. The van der Waals surface area contributed by atoms with Gasteiger partial charge in [0.2, 0.25) is 0 Å². The summed E-state index contributed by atoms with van der Waals surface area (Å²) in [5.74, 6) is 2.44. The summed E-state index contributed by atoms with van der Waals surface area (Å²) in [7, 11) is -2.89. The second-order valence-electron chi connectivity index (χ2n) is 7.38. The second-order valence-corrected chi connectivity index (χ2v) is 9.99. The molecule has 2 rings (SSSR count). The van der Waals surface area contributed by atoms with Crippen LogP contribution in [-0.2, 0) is 16.3 Å². The maximum absolute atomic E-state index is 12.1. The van der Waals surface area contributed by atoms with Crippen molar-refractivity contribution < 1.29 is 13.2 Å². The number of ether oxygens (including phenoxy) is 1. The fraction of sp³-hybridized carbons (Fsp3) is 0.700. The molecule has 0 amide bonds. The van der Waals surface area contributed by atoms with Gasteiger partial charge in [0.25, 0.3) is 0 Å². The lowest BCUT2D eigenvalue weighted by molar-refractivity contribution is 0.278. The smallest absolute Gasteiger partial charge is 0.152 e.